The molecule has 10 heavy (non-hydrogen) atoms. The summed E-state index contributed by atoms with van der Waals surface area (Å²) in [6.07, 6.45) is 2.17. The van der Waals surface area contributed by atoms with Gasteiger partial charge in [-0.3, -0.25) is 9.80 Å². The van der Waals surface area contributed by atoms with E-state index in [0.29, 0.717) is 19.3 Å². The summed E-state index contributed by atoms with van der Waals surface area (Å²) in [4.78, 5) is 20.5. The van der Waals surface area contributed by atoms with Crippen LogP contribution in [0.4, 0.5) is 0 Å². The Morgan fingerprint density at radius 2 is 2.30 bits per heavy atom. The second-order valence-corrected chi connectivity index (χ2v) is 2.06. The number of hydrazine groups is 1. The topological polar surface area (TPSA) is 63.4 Å². The Morgan fingerprint density at radius 3 is 2.70 bits per heavy atom. The maximum absolute atomic E-state index is 10.7. The summed E-state index contributed by atoms with van der Waals surface area (Å²) in [7, 11) is 1.49. The first-order valence-electron chi connectivity index (χ1n) is 3.13. The number of hydrogen-bond acceptors (Lipinski definition) is 3. The molecular formula is C6H12N2O2. The lowest BCUT2D eigenvalue weighted by Gasteiger charge is -2.07. The standard InChI is InChI=1S/C6H12N2O2/c1-8(7)6(10)4-2-3-5-9/h5H,2-4,7H2,1H3. The fraction of sp³-hybridized carbons (Fsp3) is 0.667. The quantitative estimate of drug-likeness (QED) is 0.193. The smallest absolute Gasteiger partial charge is 0.236 e. The molecule has 0 aromatic heterocycles. The summed E-state index contributed by atoms with van der Waals surface area (Å²) in [6, 6.07) is 0. The molecule has 0 aliphatic carbocycles. The Kier molecular flexibility index (Phi) is 4.49. The van der Waals surface area contributed by atoms with E-state index in [9.17, 15) is 9.59 Å². The fourth-order valence-electron chi connectivity index (χ4n) is 0.513. The molecule has 0 saturated carbocycles. The first-order valence-corrected chi connectivity index (χ1v) is 3.13. The number of rotatable bonds is 4. The van der Waals surface area contributed by atoms with Gasteiger partial charge >= 0.3 is 0 Å². The van der Waals surface area contributed by atoms with E-state index in [-0.39, 0.29) is 5.91 Å². The van der Waals surface area contributed by atoms with Crippen LogP contribution in [0.15, 0.2) is 0 Å². The molecule has 0 aromatic rings. The molecule has 0 unspecified atom stereocenters. The third-order valence-corrected chi connectivity index (χ3v) is 1.11. The van der Waals surface area contributed by atoms with Crippen molar-refractivity contribution in [3.63, 3.8) is 0 Å². The molecule has 0 atom stereocenters. The SMILES string of the molecule is CN(N)C(=O)CCCC=O. The largest absolute Gasteiger partial charge is 0.303 e. The summed E-state index contributed by atoms with van der Waals surface area (Å²) >= 11 is 0. The minimum absolute atomic E-state index is 0.137. The van der Waals surface area contributed by atoms with Gasteiger partial charge in [-0.1, -0.05) is 0 Å². The van der Waals surface area contributed by atoms with Crippen molar-refractivity contribution in [1.82, 2.24) is 5.01 Å². The number of aldehydes is 1. The second kappa shape index (κ2) is 4.93. The molecule has 0 heterocycles. The Balaban J connectivity index is 3.30. The molecule has 4 heteroatoms. The third kappa shape index (κ3) is 4.03. The zero-order valence-corrected chi connectivity index (χ0v) is 6.04. The van der Waals surface area contributed by atoms with Crippen LogP contribution in [0.3, 0.4) is 0 Å². The zero-order valence-electron chi connectivity index (χ0n) is 6.04. The predicted molar refractivity (Wildman–Crippen MR) is 36.9 cm³/mol. The molecule has 0 spiro atoms. The van der Waals surface area contributed by atoms with E-state index in [4.69, 9.17) is 5.84 Å². The van der Waals surface area contributed by atoms with Crippen LogP contribution in [0.5, 0.6) is 0 Å². The van der Waals surface area contributed by atoms with Crippen LogP contribution in [-0.4, -0.2) is 24.2 Å². The minimum atomic E-state index is -0.137. The Morgan fingerprint density at radius 1 is 1.70 bits per heavy atom. The molecule has 1 amide bonds. The molecule has 2 N–H and O–H groups in total. The van der Waals surface area contributed by atoms with Gasteiger partial charge in [0.15, 0.2) is 0 Å². The number of unbranched alkanes of at least 4 members (excludes halogenated alkanes) is 1. The highest BCUT2D eigenvalue weighted by atomic mass is 16.2. The lowest BCUT2D eigenvalue weighted by Crippen LogP contribution is -2.32. The first-order chi connectivity index (χ1) is 4.68. The van der Waals surface area contributed by atoms with Gasteiger partial charge in [0, 0.05) is 19.9 Å². The number of nitrogens with two attached hydrogens (primary N) is 1. The summed E-state index contributed by atoms with van der Waals surface area (Å²) in [6.45, 7) is 0. The molecule has 0 aliphatic rings. The minimum Gasteiger partial charge on any atom is -0.303 e. The molecule has 4 nitrogen and oxygen atoms in total. The Hall–Kier alpha value is -0.900. The van der Waals surface area contributed by atoms with Crippen molar-refractivity contribution in [3.05, 3.63) is 0 Å². The summed E-state index contributed by atoms with van der Waals surface area (Å²) in [5.74, 6) is 4.98. The highest BCUT2D eigenvalue weighted by Gasteiger charge is 2.01. The number of nitrogens with zero attached hydrogens (tertiary/aromatic N) is 1. The van der Waals surface area contributed by atoms with Crippen LogP contribution < -0.4 is 5.84 Å². The van der Waals surface area contributed by atoms with Gasteiger partial charge < -0.3 is 4.79 Å². The van der Waals surface area contributed by atoms with Gasteiger partial charge in [-0.2, -0.15) is 0 Å². The third-order valence-electron chi connectivity index (χ3n) is 1.11. The normalized spacial score (nSPS) is 9.00. The van der Waals surface area contributed by atoms with Gasteiger partial charge in [0.1, 0.15) is 6.29 Å². The van der Waals surface area contributed by atoms with E-state index in [2.05, 4.69) is 0 Å². The van der Waals surface area contributed by atoms with Crippen LogP contribution in [0.1, 0.15) is 19.3 Å². The van der Waals surface area contributed by atoms with Crippen LogP contribution >= 0.6 is 0 Å². The van der Waals surface area contributed by atoms with Crippen molar-refractivity contribution in [1.29, 1.82) is 0 Å². The number of carbonyl (C=O) groups is 2. The maximum Gasteiger partial charge on any atom is 0.236 e. The average Bonchev–Trinajstić information content (AvgIpc) is 1.88. The van der Waals surface area contributed by atoms with E-state index in [1.165, 1.54) is 7.05 Å². The molecule has 0 aromatic carbocycles. The average molecular weight is 144 g/mol. The van der Waals surface area contributed by atoms with Gasteiger partial charge in [0.2, 0.25) is 5.91 Å². The molecular weight excluding hydrogens is 132 g/mol. The van der Waals surface area contributed by atoms with E-state index in [0.717, 1.165) is 11.3 Å². The van der Waals surface area contributed by atoms with Gasteiger partial charge in [0.25, 0.3) is 0 Å². The number of amides is 1. The zero-order chi connectivity index (χ0) is 7.98. The number of carbonyl (C=O) groups excluding carboxylic acids is 2. The monoisotopic (exact) mass is 144 g/mol. The van der Waals surface area contributed by atoms with Gasteiger partial charge in [-0.15, -0.1) is 0 Å². The predicted octanol–water partition coefficient (Wildman–Crippen LogP) is -0.312. The van der Waals surface area contributed by atoms with E-state index in [1.54, 1.807) is 0 Å². The highest BCUT2D eigenvalue weighted by molar-refractivity contribution is 5.75. The van der Waals surface area contributed by atoms with Gasteiger partial charge in [-0.05, 0) is 6.42 Å². The molecule has 58 valence electrons. The van der Waals surface area contributed by atoms with Crippen molar-refractivity contribution < 1.29 is 9.59 Å². The molecule has 0 aliphatic heterocycles. The molecule has 0 rings (SSSR count). The molecule has 0 fully saturated rings. The summed E-state index contributed by atoms with van der Waals surface area (Å²) in [5, 5.41) is 1.03. The van der Waals surface area contributed by atoms with Crippen LogP contribution in [0, 0.1) is 0 Å². The summed E-state index contributed by atoms with van der Waals surface area (Å²) < 4.78 is 0. The molecule has 0 radical (unpaired) electrons. The maximum atomic E-state index is 10.7. The number of hydrogen-bond donors (Lipinski definition) is 1. The second-order valence-electron chi connectivity index (χ2n) is 2.06. The highest BCUT2D eigenvalue weighted by Crippen LogP contribution is 1.93. The fourth-order valence-corrected chi connectivity index (χ4v) is 0.513. The van der Waals surface area contributed by atoms with Gasteiger partial charge in [-0.25, -0.2) is 5.84 Å². The van der Waals surface area contributed by atoms with Crippen molar-refractivity contribution in [2.45, 2.75) is 19.3 Å². The Bertz CT molecular complexity index is 123. The van der Waals surface area contributed by atoms with Crippen molar-refractivity contribution >= 4 is 12.2 Å². The van der Waals surface area contributed by atoms with Crippen LogP contribution in [-0.2, 0) is 9.59 Å². The van der Waals surface area contributed by atoms with Crippen molar-refractivity contribution in [2.75, 3.05) is 7.05 Å². The lowest BCUT2D eigenvalue weighted by molar-refractivity contribution is -0.130. The van der Waals surface area contributed by atoms with E-state index in [1.807, 2.05) is 0 Å². The van der Waals surface area contributed by atoms with Gasteiger partial charge in [0.05, 0.1) is 0 Å². The van der Waals surface area contributed by atoms with E-state index < -0.39 is 0 Å². The van der Waals surface area contributed by atoms with Crippen LogP contribution in [0.25, 0.3) is 0 Å². The van der Waals surface area contributed by atoms with Crippen molar-refractivity contribution in [2.24, 2.45) is 5.84 Å². The summed E-state index contributed by atoms with van der Waals surface area (Å²) in [5.41, 5.74) is 0. The van der Waals surface area contributed by atoms with Crippen LogP contribution in [0.2, 0.25) is 0 Å². The Labute approximate surface area is 60.0 Å². The molecule has 0 bridgehead atoms. The van der Waals surface area contributed by atoms with E-state index >= 15 is 0 Å². The first kappa shape index (κ1) is 9.10. The lowest BCUT2D eigenvalue weighted by atomic mass is 10.2. The molecule has 0 saturated heterocycles. The van der Waals surface area contributed by atoms with Crippen molar-refractivity contribution in [3.8, 4) is 0 Å².